The van der Waals surface area contributed by atoms with Crippen LogP contribution < -0.4 is 5.32 Å². The van der Waals surface area contributed by atoms with Gasteiger partial charge >= 0.3 is 0 Å². The molecule has 2 aliphatic rings. The van der Waals surface area contributed by atoms with Gasteiger partial charge in [0, 0.05) is 39.3 Å². The molecular weight excluding hydrogens is 216 g/mol. The van der Waals surface area contributed by atoms with E-state index in [1.807, 2.05) is 4.90 Å². The van der Waals surface area contributed by atoms with Crippen LogP contribution in [0.1, 0.15) is 26.2 Å². The molecular formula is C13H24N2O2. The van der Waals surface area contributed by atoms with Gasteiger partial charge in [0.15, 0.2) is 0 Å². The first-order valence-electron chi connectivity index (χ1n) is 6.70. The van der Waals surface area contributed by atoms with Gasteiger partial charge in [-0.25, -0.2) is 0 Å². The van der Waals surface area contributed by atoms with Crippen LogP contribution in [0.2, 0.25) is 0 Å². The maximum Gasteiger partial charge on any atom is 0.222 e. The average Bonchev–Trinajstić information content (AvgIpc) is 2.72. The third kappa shape index (κ3) is 3.19. The maximum atomic E-state index is 12.1. The Morgan fingerprint density at radius 3 is 3.06 bits per heavy atom. The quantitative estimate of drug-likeness (QED) is 0.793. The molecule has 0 aliphatic carbocycles. The minimum Gasteiger partial charge on any atom is -0.384 e. The molecule has 0 aromatic rings. The molecule has 0 spiro atoms. The van der Waals surface area contributed by atoms with Crippen molar-refractivity contribution in [2.24, 2.45) is 11.8 Å². The SMILES string of the molecule is COCC(C)CC(=O)N1CC2CCCNC2C1. The summed E-state index contributed by atoms with van der Waals surface area (Å²) >= 11 is 0. The Bertz CT molecular complexity index is 256. The predicted molar refractivity (Wildman–Crippen MR) is 66.8 cm³/mol. The fraction of sp³-hybridized carbons (Fsp3) is 0.923. The first-order valence-corrected chi connectivity index (χ1v) is 6.70. The van der Waals surface area contributed by atoms with Crippen LogP contribution in [-0.2, 0) is 9.53 Å². The largest absolute Gasteiger partial charge is 0.384 e. The molecule has 0 bridgehead atoms. The summed E-state index contributed by atoms with van der Waals surface area (Å²) in [4.78, 5) is 14.2. The second-order valence-corrected chi connectivity index (χ2v) is 5.53. The number of rotatable bonds is 4. The van der Waals surface area contributed by atoms with Gasteiger partial charge < -0.3 is 15.0 Å². The van der Waals surface area contributed by atoms with E-state index in [4.69, 9.17) is 4.74 Å². The maximum absolute atomic E-state index is 12.1. The van der Waals surface area contributed by atoms with E-state index in [2.05, 4.69) is 12.2 Å². The van der Waals surface area contributed by atoms with Crippen LogP contribution >= 0.6 is 0 Å². The van der Waals surface area contributed by atoms with Gasteiger partial charge in [0.2, 0.25) is 5.91 Å². The Labute approximate surface area is 104 Å². The van der Waals surface area contributed by atoms with E-state index in [9.17, 15) is 4.79 Å². The lowest BCUT2D eigenvalue weighted by Crippen LogP contribution is -2.41. The number of carbonyl (C=O) groups is 1. The molecule has 4 nitrogen and oxygen atoms in total. The molecule has 0 radical (unpaired) electrons. The highest BCUT2D eigenvalue weighted by molar-refractivity contribution is 5.76. The average molecular weight is 240 g/mol. The fourth-order valence-corrected chi connectivity index (χ4v) is 3.02. The van der Waals surface area contributed by atoms with Gasteiger partial charge in [-0.05, 0) is 31.2 Å². The van der Waals surface area contributed by atoms with Crippen molar-refractivity contribution in [1.82, 2.24) is 10.2 Å². The zero-order chi connectivity index (χ0) is 12.3. The standard InChI is InChI=1S/C13H24N2O2/c1-10(9-17-2)6-13(16)15-7-11-4-3-5-14-12(11)8-15/h10-12,14H,3-9H2,1-2H3. The molecule has 2 fully saturated rings. The van der Waals surface area contributed by atoms with Gasteiger partial charge in [-0.1, -0.05) is 6.92 Å². The summed E-state index contributed by atoms with van der Waals surface area (Å²) in [5.41, 5.74) is 0. The molecule has 1 amide bonds. The van der Waals surface area contributed by atoms with Crippen LogP contribution in [0.25, 0.3) is 0 Å². The summed E-state index contributed by atoms with van der Waals surface area (Å²) in [6.07, 6.45) is 3.14. The van der Waals surface area contributed by atoms with Crippen molar-refractivity contribution in [2.45, 2.75) is 32.2 Å². The molecule has 0 saturated carbocycles. The zero-order valence-corrected chi connectivity index (χ0v) is 10.9. The molecule has 3 atom stereocenters. The molecule has 2 rings (SSSR count). The lowest BCUT2D eigenvalue weighted by Gasteiger charge is -2.24. The number of nitrogens with zero attached hydrogens (tertiary/aromatic N) is 1. The number of methoxy groups -OCH3 is 1. The Hall–Kier alpha value is -0.610. The topological polar surface area (TPSA) is 41.6 Å². The molecule has 98 valence electrons. The minimum atomic E-state index is 0.297. The summed E-state index contributed by atoms with van der Waals surface area (Å²) in [5.74, 6) is 1.30. The first kappa shape index (κ1) is 12.8. The number of hydrogen-bond acceptors (Lipinski definition) is 3. The van der Waals surface area contributed by atoms with E-state index in [1.165, 1.54) is 12.8 Å². The van der Waals surface area contributed by atoms with Gasteiger partial charge in [0.05, 0.1) is 0 Å². The van der Waals surface area contributed by atoms with Gasteiger partial charge in [-0.15, -0.1) is 0 Å². The lowest BCUT2D eigenvalue weighted by atomic mass is 9.94. The van der Waals surface area contributed by atoms with Crippen LogP contribution in [0.4, 0.5) is 0 Å². The van der Waals surface area contributed by atoms with Crippen molar-refractivity contribution >= 4 is 5.91 Å². The van der Waals surface area contributed by atoms with E-state index in [0.717, 1.165) is 19.6 Å². The first-order chi connectivity index (χ1) is 8.20. The van der Waals surface area contributed by atoms with Crippen molar-refractivity contribution in [1.29, 1.82) is 0 Å². The third-order valence-electron chi connectivity index (χ3n) is 3.93. The molecule has 4 heteroatoms. The second kappa shape index (κ2) is 5.83. The summed E-state index contributed by atoms with van der Waals surface area (Å²) in [7, 11) is 1.69. The molecule has 2 saturated heterocycles. The van der Waals surface area contributed by atoms with E-state index in [0.29, 0.717) is 36.8 Å². The van der Waals surface area contributed by atoms with Crippen molar-refractivity contribution in [3.63, 3.8) is 0 Å². The van der Waals surface area contributed by atoms with Crippen molar-refractivity contribution < 1.29 is 9.53 Å². The van der Waals surface area contributed by atoms with Crippen LogP contribution in [-0.4, -0.2) is 50.2 Å². The smallest absolute Gasteiger partial charge is 0.222 e. The molecule has 1 N–H and O–H groups in total. The molecule has 0 aromatic carbocycles. The van der Waals surface area contributed by atoms with Crippen molar-refractivity contribution in [2.75, 3.05) is 33.4 Å². The Morgan fingerprint density at radius 1 is 1.53 bits per heavy atom. The molecule has 2 heterocycles. The molecule has 0 aromatic heterocycles. The predicted octanol–water partition coefficient (Wildman–Crippen LogP) is 0.869. The van der Waals surface area contributed by atoms with Crippen LogP contribution in [0, 0.1) is 11.8 Å². The van der Waals surface area contributed by atoms with Crippen LogP contribution in [0.15, 0.2) is 0 Å². The van der Waals surface area contributed by atoms with Crippen LogP contribution in [0.3, 0.4) is 0 Å². The van der Waals surface area contributed by atoms with E-state index in [1.54, 1.807) is 7.11 Å². The highest BCUT2D eigenvalue weighted by atomic mass is 16.5. The monoisotopic (exact) mass is 240 g/mol. The minimum absolute atomic E-state index is 0.297. The number of nitrogens with one attached hydrogen (secondary N) is 1. The molecule has 3 unspecified atom stereocenters. The normalized spacial score (nSPS) is 30.1. The summed E-state index contributed by atoms with van der Waals surface area (Å²) in [5, 5.41) is 3.53. The summed E-state index contributed by atoms with van der Waals surface area (Å²) in [6.45, 7) is 5.72. The number of ether oxygens (including phenoxy) is 1. The Morgan fingerprint density at radius 2 is 2.35 bits per heavy atom. The van der Waals surface area contributed by atoms with E-state index >= 15 is 0 Å². The fourth-order valence-electron chi connectivity index (χ4n) is 3.02. The highest BCUT2D eigenvalue weighted by Crippen LogP contribution is 2.25. The third-order valence-corrected chi connectivity index (χ3v) is 3.93. The second-order valence-electron chi connectivity index (χ2n) is 5.53. The van der Waals surface area contributed by atoms with Crippen LogP contribution in [0.5, 0.6) is 0 Å². The van der Waals surface area contributed by atoms with Gasteiger partial charge in [0.1, 0.15) is 0 Å². The molecule has 2 aliphatic heterocycles. The number of likely N-dealkylation sites (tertiary alicyclic amines) is 1. The number of fused-ring (bicyclic) bond motifs is 1. The van der Waals surface area contributed by atoms with Gasteiger partial charge in [-0.2, -0.15) is 0 Å². The summed E-state index contributed by atoms with van der Waals surface area (Å²) < 4.78 is 5.08. The number of hydrogen-bond donors (Lipinski definition) is 1. The Balaban J connectivity index is 1.80. The lowest BCUT2D eigenvalue weighted by molar-refractivity contribution is -0.131. The van der Waals surface area contributed by atoms with Gasteiger partial charge in [-0.3, -0.25) is 4.79 Å². The zero-order valence-electron chi connectivity index (χ0n) is 10.9. The number of amides is 1. The van der Waals surface area contributed by atoms with E-state index in [-0.39, 0.29) is 0 Å². The van der Waals surface area contributed by atoms with Gasteiger partial charge in [0.25, 0.3) is 0 Å². The highest BCUT2D eigenvalue weighted by Gasteiger charge is 2.36. The number of piperidine rings is 1. The van der Waals surface area contributed by atoms with E-state index < -0.39 is 0 Å². The summed E-state index contributed by atoms with van der Waals surface area (Å²) in [6, 6.07) is 0.547. The van der Waals surface area contributed by atoms with Crippen molar-refractivity contribution in [3.8, 4) is 0 Å². The van der Waals surface area contributed by atoms with Crippen molar-refractivity contribution in [3.05, 3.63) is 0 Å². The Kier molecular flexibility index (Phi) is 4.40. The molecule has 17 heavy (non-hydrogen) atoms. The number of carbonyl (C=O) groups excluding carboxylic acids is 1.